The fraction of sp³-hybridized carbons (Fsp3) is 0. The summed E-state index contributed by atoms with van der Waals surface area (Å²) in [5.41, 5.74) is 1.41. The number of hydrogen-bond acceptors (Lipinski definition) is 3. The van der Waals surface area contributed by atoms with E-state index in [1.807, 2.05) is 0 Å². The lowest BCUT2D eigenvalue weighted by molar-refractivity contribution is 0.628. The Hall–Kier alpha value is -2.01. The molecule has 4 nitrogen and oxygen atoms in total. The fourth-order valence-corrected chi connectivity index (χ4v) is 1.77. The first-order chi connectivity index (χ1) is 8.24. The Morgan fingerprint density at radius 1 is 1.18 bits per heavy atom. The highest BCUT2D eigenvalue weighted by Gasteiger charge is 2.07. The Morgan fingerprint density at radius 2 is 1.94 bits per heavy atom. The van der Waals surface area contributed by atoms with E-state index in [0.717, 1.165) is 5.56 Å². The minimum atomic E-state index is -0.289. The quantitative estimate of drug-likeness (QED) is 0.622. The highest BCUT2D eigenvalue weighted by molar-refractivity contribution is 6.29. The monoisotopic (exact) mass is 248 g/mol. The van der Waals surface area contributed by atoms with E-state index in [-0.39, 0.29) is 5.82 Å². The van der Waals surface area contributed by atoms with Crippen molar-refractivity contribution in [3.63, 3.8) is 0 Å². The van der Waals surface area contributed by atoms with Gasteiger partial charge in [-0.05, 0) is 24.3 Å². The molecule has 0 saturated carbocycles. The lowest BCUT2D eigenvalue weighted by Gasteiger charge is -2.02. The molecule has 6 heteroatoms. The lowest BCUT2D eigenvalue weighted by Crippen LogP contribution is -1.95. The molecule has 0 saturated heterocycles. The zero-order valence-electron chi connectivity index (χ0n) is 8.51. The predicted octanol–water partition coefficient (Wildman–Crippen LogP) is 2.58. The minimum absolute atomic E-state index is 0.289. The number of hydrogen-bond donors (Lipinski definition) is 0. The number of aromatic nitrogens is 4. The Labute approximate surface area is 101 Å². The first kappa shape index (κ1) is 10.2. The summed E-state index contributed by atoms with van der Waals surface area (Å²) in [4.78, 5) is 8.24. The summed E-state index contributed by atoms with van der Waals surface area (Å²) >= 11 is 6.03. The summed E-state index contributed by atoms with van der Waals surface area (Å²) in [5.74, 6) is 0.125. The topological polar surface area (TPSA) is 43.1 Å². The van der Waals surface area contributed by atoms with Gasteiger partial charge in [0.1, 0.15) is 17.3 Å². The van der Waals surface area contributed by atoms with E-state index < -0.39 is 0 Å². The van der Waals surface area contributed by atoms with Gasteiger partial charge in [-0.1, -0.05) is 11.6 Å². The maximum Gasteiger partial charge on any atom is 0.254 e. The van der Waals surface area contributed by atoms with Crippen molar-refractivity contribution in [1.82, 2.24) is 19.6 Å². The highest BCUT2D eigenvalue weighted by Crippen LogP contribution is 2.21. The summed E-state index contributed by atoms with van der Waals surface area (Å²) in [6.45, 7) is 0. The van der Waals surface area contributed by atoms with Gasteiger partial charge >= 0.3 is 0 Å². The van der Waals surface area contributed by atoms with Crippen LogP contribution >= 0.6 is 11.6 Å². The normalized spacial score (nSPS) is 10.9. The Kier molecular flexibility index (Phi) is 2.26. The molecule has 3 aromatic rings. The summed E-state index contributed by atoms with van der Waals surface area (Å²) in [7, 11) is 0. The number of rotatable bonds is 1. The van der Waals surface area contributed by atoms with Crippen LogP contribution < -0.4 is 0 Å². The van der Waals surface area contributed by atoms with E-state index in [9.17, 15) is 4.39 Å². The maximum absolute atomic E-state index is 12.8. The summed E-state index contributed by atoms with van der Waals surface area (Å²) in [6, 6.07) is 7.69. The second-order valence-corrected chi connectivity index (χ2v) is 3.83. The van der Waals surface area contributed by atoms with Crippen molar-refractivity contribution < 1.29 is 4.39 Å². The van der Waals surface area contributed by atoms with Crippen LogP contribution in [0.5, 0.6) is 0 Å². The van der Waals surface area contributed by atoms with Crippen molar-refractivity contribution in [1.29, 1.82) is 0 Å². The van der Waals surface area contributed by atoms with Gasteiger partial charge in [0.05, 0.1) is 5.69 Å². The van der Waals surface area contributed by atoms with Crippen molar-refractivity contribution in [2.75, 3.05) is 0 Å². The van der Waals surface area contributed by atoms with E-state index in [4.69, 9.17) is 11.6 Å². The molecule has 0 unspecified atom stereocenters. The van der Waals surface area contributed by atoms with Crippen LogP contribution in [0.15, 0.2) is 36.7 Å². The molecular formula is C11H6ClFN4. The maximum atomic E-state index is 12.8. The van der Waals surface area contributed by atoms with Gasteiger partial charge in [-0.3, -0.25) is 0 Å². The largest absolute Gasteiger partial charge is 0.254 e. The molecule has 0 aliphatic carbocycles. The van der Waals surface area contributed by atoms with Crippen LogP contribution in [-0.4, -0.2) is 19.6 Å². The van der Waals surface area contributed by atoms with Crippen LogP contribution in [0.3, 0.4) is 0 Å². The lowest BCUT2D eigenvalue weighted by atomic mass is 10.1. The van der Waals surface area contributed by atoms with E-state index in [1.54, 1.807) is 18.2 Å². The van der Waals surface area contributed by atoms with Crippen molar-refractivity contribution >= 4 is 17.4 Å². The van der Waals surface area contributed by atoms with Crippen molar-refractivity contribution in [3.8, 4) is 11.3 Å². The van der Waals surface area contributed by atoms with Crippen molar-refractivity contribution in [2.24, 2.45) is 0 Å². The van der Waals surface area contributed by atoms with Crippen LogP contribution in [0.25, 0.3) is 17.0 Å². The Bertz CT molecular complexity index is 678. The Balaban J connectivity index is 2.20. The molecule has 2 aromatic heterocycles. The number of fused-ring (bicyclic) bond motifs is 1. The van der Waals surface area contributed by atoms with Crippen molar-refractivity contribution in [2.45, 2.75) is 0 Å². The van der Waals surface area contributed by atoms with Gasteiger partial charge in [0.15, 0.2) is 0 Å². The van der Waals surface area contributed by atoms with Gasteiger partial charge < -0.3 is 0 Å². The molecule has 0 radical (unpaired) electrons. The third-order valence-electron chi connectivity index (χ3n) is 2.35. The van der Waals surface area contributed by atoms with E-state index in [0.29, 0.717) is 16.6 Å². The zero-order valence-corrected chi connectivity index (χ0v) is 9.26. The average Bonchev–Trinajstić information content (AvgIpc) is 2.78. The molecule has 0 aliphatic rings. The molecule has 84 valence electrons. The van der Waals surface area contributed by atoms with Crippen LogP contribution in [0.1, 0.15) is 0 Å². The van der Waals surface area contributed by atoms with Gasteiger partial charge in [0.2, 0.25) is 0 Å². The third-order valence-corrected chi connectivity index (χ3v) is 2.62. The van der Waals surface area contributed by atoms with Gasteiger partial charge in [-0.15, -0.1) is 0 Å². The average molecular weight is 249 g/mol. The molecule has 0 atom stereocenters. The predicted molar refractivity (Wildman–Crippen MR) is 61.2 cm³/mol. The summed E-state index contributed by atoms with van der Waals surface area (Å²) in [5, 5.41) is 4.33. The molecule has 0 bridgehead atoms. The van der Waals surface area contributed by atoms with Crippen LogP contribution in [0.2, 0.25) is 5.15 Å². The molecule has 0 fully saturated rings. The first-order valence-corrected chi connectivity index (χ1v) is 5.24. The van der Waals surface area contributed by atoms with Crippen LogP contribution in [-0.2, 0) is 0 Å². The van der Waals surface area contributed by atoms with Crippen LogP contribution in [0.4, 0.5) is 4.39 Å². The van der Waals surface area contributed by atoms with Crippen molar-refractivity contribution in [3.05, 3.63) is 47.6 Å². The van der Waals surface area contributed by atoms with E-state index in [2.05, 4.69) is 15.1 Å². The molecule has 0 aliphatic heterocycles. The molecule has 0 N–H and O–H groups in total. The van der Waals surface area contributed by atoms with Gasteiger partial charge in [-0.2, -0.15) is 14.6 Å². The van der Waals surface area contributed by atoms with Gasteiger partial charge in [-0.25, -0.2) is 9.37 Å². The highest BCUT2D eigenvalue weighted by atomic mass is 35.5. The third kappa shape index (κ3) is 1.74. The van der Waals surface area contributed by atoms with Gasteiger partial charge in [0.25, 0.3) is 5.78 Å². The molecule has 0 amide bonds. The SMILES string of the molecule is Fc1ccc(-c2cc(Cl)n3ncnc3n2)cc1. The number of halogens is 2. The molecule has 0 spiro atoms. The van der Waals surface area contributed by atoms with Gasteiger partial charge in [0, 0.05) is 11.6 Å². The second kappa shape index (κ2) is 3.78. The first-order valence-electron chi connectivity index (χ1n) is 4.86. The Morgan fingerprint density at radius 3 is 2.71 bits per heavy atom. The second-order valence-electron chi connectivity index (χ2n) is 3.44. The zero-order chi connectivity index (χ0) is 11.8. The molecule has 3 rings (SSSR count). The number of nitrogens with zero attached hydrogens (tertiary/aromatic N) is 4. The smallest absolute Gasteiger partial charge is 0.211 e. The summed E-state index contributed by atoms with van der Waals surface area (Å²) in [6.07, 6.45) is 1.38. The van der Waals surface area contributed by atoms with E-state index in [1.165, 1.54) is 23.0 Å². The van der Waals surface area contributed by atoms with E-state index >= 15 is 0 Å². The van der Waals surface area contributed by atoms with Crippen LogP contribution in [0, 0.1) is 5.82 Å². The molecule has 1 aromatic carbocycles. The minimum Gasteiger partial charge on any atom is -0.211 e. The number of benzene rings is 1. The molecule has 2 heterocycles. The molecular weight excluding hydrogens is 243 g/mol. The fourth-order valence-electron chi connectivity index (χ4n) is 1.54. The standard InChI is InChI=1S/C11H6ClFN4/c12-10-5-9(7-1-3-8(13)4-2-7)16-11-14-6-15-17(10)11/h1-6H. The molecule has 17 heavy (non-hydrogen) atoms. The summed E-state index contributed by atoms with van der Waals surface area (Å²) < 4.78 is 14.2.